The van der Waals surface area contributed by atoms with Crippen LogP contribution in [-0.4, -0.2) is 14.2 Å². The lowest BCUT2D eigenvalue weighted by Crippen LogP contribution is -1.97. The third kappa shape index (κ3) is 1.60. The normalized spacial score (nSPS) is 9.71. The predicted molar refractivity (Wildman–Crippen MR) is 59.1 cm³/mol. The van der Waals surface area contributed by atoms with E-state index in [2.05, 4.69) is 6.58 Å². The predicted octanol–water partition coefficient (Wildman–Crippen LogP) is 2.96. The van der Waals surface area contributed by atoms with Gasteiger partial charge in [-0.2, -0.15) is 0 Å². The van der Waals surface area contributed by atoms with Crippen LogP contribution < -0.4 is 9.47 Å². The fourth-order valence-electron chi connectivity index (χ4n) is 1.52. The highest BCUT2D eigenvalue weighted by atomic mass is 16.5. The van der Waals surface area contributed by atoms with E-state index in [1.165, 1.54) is 0 Å². The molecule has 1 rings (SSSR count). The summed E-state index contributed by atoms with van der Waals surface area (Å²) in [5.41, 5.74) is 3.17. The van der Waals surface area contributed by atoms with Gasteiger partial charge in [0.05, 0.1) is 14.2 Å². The first-order valence-corrected chi connectivity index (χ1v) is 4.50. The van der Waals surface area contributed by atoms with E-state index in [-0.39, 0.29) is 0 Å². The SMILES string of the molecule is C=Cc1cc(OC)c(C)c(C)c1OC. The second-order valence-electron chi connectivity index (χ2n) is 3.16. The summed E-state index contributed by atoms with van der Waals surface area (Å²) in [7, 11) is 3.34. The van der Waals surface area contributed by atoms with Gasteiger partial charge in [0.25, 0.3) is 0 Å². The van der Waals surface area contributed by atoms with Crippen molar-refractivity contribution in [2.45, 2.75) is 13.8 Å². The van der Waals surface area contributed by atoms with Crippen LogP contribution in [0.4, 0.5) is 0 Å². The highest BCUT2D eigenvalue weighted by Gasteiger charge is 2.11. The Hall–Kier alpha value is -1.44. The smallest absolute Gasteiger partial charge is 0.129 e. The van der Waals surface area contributed by atoms with Gasteiger partial charge in [0, 0.05) is 5.56 Å². The van der Waals surface area contributed by atoms with Gasteiger partial charge in [-0.15, -0.1) is 0 Å². The average Bonchev–Trinajstić information content (AvgIpc) is 2.21. The summed E-state index contributed by atoms with van der Waals surface area (Å²) in [4.78, 5) is 0. The molecule has 0 fully saturated rings. The molecule has 0 heterocycles. The van der Waals surface area contributed by atoms with Crippen molar-refractivity contribution in [3.63, 3.8) is 0 Å². The molecule has 0 saturated carbocycles. The highest BCUT2D eigenvalue weighted by molar-refractivity contribution is 5.63. The van der Waals surface area contributed by atoms with Crippen LogP contribution >= 0.6 is 0 Å². The molecule has 0 radical (unpaired) electrons. The molecule has 76 valence electrons. The number of ether oxygens (including phenoxy) is 2. The van der Waals surface area contributed by atoms with E-state index in [0.717, 1.165) is 28.2 Å². The van der Waals surface area contributed by atoms with Crippen LogP contribution in [0.25, 0.3) is 6.08 Å². The van der Waals surface area contributed by atoms with E-state index in [1.807, 2.05) is 19.9 Å². The second-order valence-corrected chi connectivity index (χ2v) is 3.16. The zero-order valence-corrected chi connectivity index (χ0v) is 9.18. The largest absolute Gasteiger partial charge is 0.496 e. The number of hydrogen-bond donors (Lipinski definition) is 0. The third-order valence-electron chi connectivity index (χ3n) is 2.47. The molecule has 0 aliphatic carbocycles. The number of rotatable bonds is 3. The summed E-state index contributed by atoms with van der Waals surface area (Å²) in [5.74, 6) is 1.75. The van der Waals surface area contributed by atoms with Crippen molar-refractivity contribution in [2.75, 3.05) is 14.2 Å². The van der Waals surface area contributed by atoms with Crippen LogP contribution in [0.1, 0.15) is 16.7 Å². The summed E-state index contributed by atoms with van der Waals surface area (Å²) in [6.07, 6.45) is 1.77. The summed E-state index contributed by atoms with van der Waals surface area (Å²) in [6.45, 7) is 7.79. The van der Waals surface area contributed by atoms with Crippen LogP contribution in [-0.2, 0) is 0 Å². The van der Waals surface area contributed by atoms with Crippen molar-refractivity contribution in [1.29, 1.82) is 0 Å². The Morgan fingerprint density at radius 3 is 2.21 bits per heavy atom. The van der Waals surface area contributed by atoms with Gasteiger partial charge in [0.2, 0.25) is 0 Å². The van der Waals surface area contributed by atoms with E-state index in [4.69, 9.17) is 9.47 Å². The Labute approximate surface area is 85.2 Å². The molecule has 0 aliphatic heterocycles. The van der Waals surface area contributed by atoms with Gasteiger partial charge in [-0.05, 0) is 31.0 Å². The molecular formula is C12H16O2. The number of benzene rings is 1. The fourth-order valence-corrected chi connectivity index (χ4v) is 1.52. The Balaban J connectivity index is 3.45. The lowest BCUT2D eigenvalue weighted by Gasteiger charge is -2.14. The number of hydrogen-bond acceptors (Lipinski definition) is 2. The molecule has 0 aliphatic rings. The van der Waals surface area contributed by atoms with Crippen molar-refractivity contribution in [3.8, 4) is 11.5 Å². The second kappa shape index (κ2) is 4.18. The number of methoxy groups -OCH3 is 2. The molecular weight excluding hydrogens is 176 g/mol. The Kier molecular flexibility index (Phi) is 3.18. The molecule has 14 heavy (non-hydrogen) atoms. The first kappa shape index (κ1) is 10.6. The van der Waals surface area contributed by atoms with Gasteiger partial charge >= 0.3 is 0 Å². The molecule has 0 spiro atoms. The van der Waals surface area contributed by atoms with Gasteiger partial charge in [0.15, 0.2) is 0 Å². The van der Waals surface area contributed by atoms with E-state index < -0.39 is 0 Å². The molecule has 1 aromatic carbocycles. The maximum Gasteiger partial charge on any atom is 0.129 e. The van der Waals surface area contributed by atoms with Crippen LogP contribution in [0, 0.1) is 13.8 Å². The van der Waals surface area contributed by atoms with Crippen molar-refractivity contribution in [1.82, 2.24) is 0 Å². The van der Waals surface area contributed by atoms with Gasteiger partial charge in [-0.25, -0.2) is 0 Å². The molecule has 0 saturated heterocycles. The topological polar surface area (TPSA) is 18.5 Å². The molecule has 1 aromatic rings. The molecule has 0 atom stereocenters. The molecule has 0 amide bonds. The minimum atomic E-state index is 0.873. The Morgan fingerprint density at radius 2 is 1.79 bits per heavy atom. The van der Waals surface area contributed by atoms with E-state index in [1.54, 1.807) is 20.3 Å². The average molecular weight is 192 g/mol. The maximum absolute atomic E-state index is 5.32. The summed E-state index contributed by atoms with van der Waals surface area (Å²) >= 11 is 0. The van der Waals surface area contributed by atoms with Crippen molar-refractivity contribution in [2.24, 2.45) is 0 Å². The summed E-state index contributed by atoms with van der Waals surface area (Å²) in [5, 5.41) is 0. The first-order valence-electron chi connectivity index (χ1n) is 4.50. The summed E-state index contributed by atoms with van der Waals surface area (Å²) < 4.78 is 10.6. The van der Waals surface area contributed by atoms with Crippen LogP contribution in [0.2, 0.25) is 0 Å². The Bertz CT molecular complexity index is 354. The van der Waals surface area contributed by atoms with Crippen LogP contribution in [0.3, 0.4) is 0 Å². The summed E-state index contributed by atoms with van der Waals surface area (Å²) in [6, 6.07) is 1.94. The quantitative estimate of drug-likeness (QED) is 0.733. The fraction of sp³-hybridized carbons (Fsp3) is 0.333. The van der Waals surface area contributed by atoms with E-state index in [9.17, 15) is 0 Å². The molecule has 2 heteroatoms. The molecule has 0 N–H and O–H groups in total. The van der Waals surface area contributed by atoms with Crippen molar-refractivity contribution < 1.29 is 9.47 Å². The monoisotopic (exact) mass is 192 g/mol. The molecule has 0 aromatic heterocycles. The van der Waals surface area contributed by atoms with Crippen molar-refractivity contribution >= 4 is 6.08 Å². The lowest BCUT2D eigenvalue weighted by molar-refractivity contribution is 0.397. The first-order chi connectivity index (χ1) is 6.65. The van der Waals surface area contributed by atoms with Gasteiger partial charge < -0.3 is 9.47 Å². The minimum absolute atomic E-state index is 0.873. The van der Waals surface area contributed by atoms with Gasteiger partial charge in [0.1, 0.15) is 11.5 Å². The zero-order chi connectivity index (χ0) is 10.7. The standard InChI is InChI=1S/C12H16O2/c1-6-10-7-11(13-4)8(2)9(3)12(10)14-5/h6-7H,1H2,2-5H3. The van der Waals surface area contributed by atoms with E-state index in [0.29, 0.717) is 0 Å². The van der Waals surface area contributed by atoms with Crippen molar-refractivity contribution in [3.05, 3.63) is 29.3 Å². The van der Waals surface area contributed by atoms with E-state index >= 15 is 0 Å². The Morgan fingerprint density at radius 1 is 1.14 bits per heavy atom. The lowest BCUT2D eigenvalue weighted by atomic mass is 10.0. The minimum Gasteiger partial charge on any atom is -0.496 e. The van der Waals surface area contributed by atoms with Crippen LogP contribution in [0.5, 0.6) is 11.5 Å². The van der Waals surface area contributed by atoms with Crippen LogP contribution in [0.15, 0.2) is 12.6 Å². The highest BCUT2D eigenvalue weighted by Crippen LogP contribution is 2.33. The van der Waals surface area contributed by atoms with Gasteiger partial charge in [-0.3, -0.25) is 0 Å². The van der Waals surface area contributed by atoms with Gasteiger partial charge in [-0.1, -0.05) is 12.7 Å². The molecule has 2 nitrogen and oxygen atoms in total. The molecule has 0 bridgehead atoms. The third-order valence-corrected chi connectivity index (χ3v) is 2.47. The maximum atomic E-state index is 5.32. The molecule has 0 unspecified atom stereocenters. The zero-order valence-electron chi connectivity index (χ0n) is 9.18.